The molecule has 0 saturated heterocycles. The molecule has 5 heteroatoms. The predicted molar refractivity (Wildman–Crippen MR) is 93.7 cm³/mol. The average molecular weight is 324 g/mol. The molecule has 0 fully saturated rings. The van der Waals surface area contributed by atoms with E-state index in [4.69, 9.17) is 4.74 Å². The highest BCUT2D eigenvalue weighted by Gasteiger charge is 2.29. The molecule has 1 aliphatic heterocycles. The SMILES string of the molecule is CCc1ccc(NC(=O)c2ccc3c(c2)N(C)C(=O)C(C)O3)cc1. The third-order valence-electron chi connectivity index (χ3n) is 4.18. The van der Waals surface area contributed by atoms with Crippen molar-refractivity contribution in [2.24, 2.45) is 0 Å². The van der Waals surface area contributed by atoms with Crippen molar-refractivity contribution in [3.05, 3.63) is 53.6 Å². The summed E-state index contributed by atoms with van der Waals surface area (Å²) < 4.78 is 5.57. The van der Waals surface area contributed by atoms with E-state index >= 15 is 0 Å². The topological polar surface area (TPSA) is 58.6 Å². The van der Waals surface area contributed by atoms with Gasteiger partial charge in [0.2, 0.25) is 0 Å². The van der Waals surface area contributed by atoms with Crippen LogP contribution in [0.1, 0.15) is 29.8 Å². The van der Waals surface area contributed by atoms with Gasteiger partial charge in [0.25, 0.3) is 11.8 Å². The summed E-state index contributed by atoms with van der Waals surface area (Å²) in [6, 6.07) is 12.9. The van der Waals surface area contributed by atoms with Crippen molar-refractivity contribution in [2.75, 3.05) is 17.3 Å². The lowest BCUT2D eigenvalue weighted by molar-refractivity contribution is -0.125. The Bertz CT molecular complexity index is 784. The largest absolute Gasteiger partial charge is 0.479 e. The Labute approximate surface area is 141 Å². The van der Waals surface area contributed by atoms with E-state index in [-0.39, 0.29) is 11.8 Å². The van der Waals surface area contributed by atoms with Crippen LogP contribution in [0, 0.1) is 0 Å². The Kier molecular flexibility index (Phi) is 4.25. The van der Waals surface area contributed by atoms with Crippen LogP contribution >= 0.6 is 0 Å². The first-order valence-electron chi connectivity index (χ1n) is 7.98. The van der Waals surface area contributed by atoms with E-state index in [1.54, 1.807) is 32.2 Å². The van der Waals surface area contributed by atoms with Crippen LogP contribution < -0.4 is 15.0 Å². The first-order valence-corrected chi connectivity index (χ1v) is 7.98. The minimum absolute atomic E-state index is 0.129. The van der Waals surface area contributed by atoms with Crippen LogP contribution in [-0.4, -0.2) is 25.0 Å². The Hall–Kier alpha value is -2.82. The van der Waals surface area contributed by atoms with Crippen LogP contribution in [-0.2, 0) is 11.2 Å². The molecule has 0 spiro atoms. The summed E-state index contributed by atoms with van der Waals surface area (Å²) in [5, 5.41) is 2.87. The van der Waals surface area contributed by atoms with Gasteiger partial charge in [0.15, 0.2) is 6.10 Å². The van der Waals surface area contributed by atoms with Crippen LogP contribution in [0.4, 0.5) is 11.4 Å². The van der Waals surface area contributed by atoms with Crippen LogP contribution in [0.15, 0.2) is 42.5 Å². The van der Waals surface area contributed by atoms with Gasteiger partial charge < -0.3 is 15.0 Å². The van der Waals surface area contributed by atoms with Gasteiger partial charge in [-0.2, -0.15) is 0 Å². The number of fused-ring (bicyclic) bond motifs is 1. The van der Waals surface area contributed by atoms with Gasteiger partial charge in [0.05, 0.1) is 5.69 Å². The maximum Gasteiger partial charge on any atom is 0.267 e. The Morgan fingerprint density at radius 1 is 1.21 bits per heavy atom. The molecule has 2 amide bonds. The summed E-state index contributed by atoms with van der Waals surface area (Å²) in [6.45, 7) is 3.80. The molecule has 2 aromatic carbocycles. The lowest BCUT2D eigenvalue weighted by Gasteiger charge is -2.30. The van der Waals surface area contributed by atoms with Crippen LogP contribution in [0.25, 0.3) is 0 Å². The number of carbonyl (C=O) groups is 2. The molecule has 1 heterocycles. The average Bonchev–Trinajstić information content (AvgIpc) is 2.60. The van der Waals surface area contributed by atoms with Gasteiger partial charge in [-0.25, -0.2) is 0 Å². The molecule has 0 saturated carbocycles. The number of hydrogen-bond acceptors (Lipinski definition) is 3. The molecule has 2 aromatic rings. The number of aryl methyl sites for hydroxylation is 1. The number of benzene rings is 2. The van der Waals surface area contributed by atoms with Crippen LogP contribution in [0.3, 0.4) is 0 Å². The summed E-state index contributed by atoms with van der Waals surface area (Å²) in [6.07, 6.45) is 0.442. The third-order valence-corrected chi connectivity index (χ3v) is 4.18. The molecule has 1 N–H and O–H groups in total. The van der Waals surface area contributed by atoms with E-state index < -0.39 is 6.10 Å². The highest BCUT2D eigenvalue weighted by atomic mass is 16.5. The molecule has 1 unspecified atom stereocenters. The van der Waals surface area contributed by atoms with Gasteiger partial charge >= 0.3 is 0 Å². The number of ether oxygens (including phenoxy) is 1. The molecule has 0 aromatic heterocycles. The maximum absolute atomic E-state index is 12.5. The van der Waals surface area contributed by atoms with Crippen LogP contribution in [0.5, 0.6) is 5.75 Å². The quantitative estimate of drug-likeness (QED) is 0.943. The second kappa shape index (κ2) is 6.35. The predicted octanol–water partition coefficient (Wildman–Crippen LogP) is 3.25. The summed E-state index contributed by atoms with van der Waals surface area (Å²) in [4.78, 5) is 26.0. The van der Waals surface area contributed by atoms with Crippen molar-refractivity contribution in [1.82, 2.24) is 0 Å². The summed E-state index contributed by atoms with van der Waals surface area (Å²) in [5.74, 6) is 0.255. The molecule has 0 aliphatic carbocycles. The highest BCUT2D eigenvalue weighted by Crippen LogP contribution is 2.34. The standard InChI is InChI=1S/C19H20N2O3/c1-4-13-5-8-15(9-6-13)20-18(22)14-7-10-17-16(11-14)21(3)19(23)12(2)24-17/h5-12H,4H2,1-3H3,(H,20,22). The fourth-order valence-corrected chi connectivity index (χ4v) is 2.68. The summed E-state index contributed by atoms with van der Waals surface area (Å²) in [7, 11) is 1.69. The van der Waals surface area contributed by atoms with Gasteiger partial charge in [-0.3, -0.25) is 9.59 Å². The maximum atomic E-state index is 12.5. The lowest BCUT2D eigenvalue weighted by Crippen LogP contribution is -2.42. The molecular weight excluding hydrogens is 304 g/mol. The number of nitrogens with zero attached hydrogens (tertiary/aromatic N) is 1. The summed E-state index contributed by atoms with van der Waals surface area (Å²) in [5.41, 5.74) is 3.04. The Balaban J connectivity index is 1.82. The monoisotopic (exact) mass is 324 g/mol. The van der Waals surface area contributed by atoms with Gasteiger partial charge in [-0.1, -0.05) is 19.1 Å². The van der Waals surface area contributed by atoms with E-state index in [0.717, 1.165) is 12.1 Å². The first kappa shape index (κ1) is 16.1. The van der Waals surface area contributed by atoms with Crippen LogP contribution in [0.2, 0.25) is 0 Å². The molecule has 0 bridgehead atoms. The number of amides is 2. The molecule has 24 heavy (non-hydrogen) atoms. The number of carbonyl (C=O) groups excluding carboxylic acids is 2. The van der Waals surface area contributed by atoms with E-state index in [0.29, 0.717) is 17.0 Å². The van der Waals surface area contributed by atoms with Crippen molar-refractivity contribution in [3.8, 4) is 5.75 Å². The number of nitrogens with one attached hydrogen (secondary N) is 1. The van der Waals surface area contributed by atoms with Gasteiger partial charge in [0.1, 0.15) is 5.75 Å². The smallest absolute Gasteiger partial charge is 0.267 e. The number of anilines is 2. The second-order valence-corrected chi connectivity index (χ2v) is 5.84. The fraction of sp³-hybridized carbons (Fsp3) is 0.263. The molecule has 124 valence electrons. The van der Waals surface area contributed by atoms with E-state index in [1.807, 2.05) is 24.3 Å². The van der Waals surface area contributed by atoms with Crippen molar-refractivity contribution in [3.63, 3.8) is 0 Å². The van der Waals surface area contributed by atoms with Gasteiger partial charge in [-0.15, -0.1) is 0 Å². The van der Waals surface area contributed by atoms with E-state index in [1.165, 1.54) is 10.5 Å². The number of hydrogen-bond donors (Lipinski definition) is 1. The van der Waals surface area contributed by atoms with Crippen molar-refractivity contribution in [2.45, 2.75) is 26.4 Å². The molecule has 5 nitrogen and oxygen atoms in total. The first-order chi connectivity index (χ1) is 11.5. The molecular formula is C19H20N2O3. The van der Waals surface area contributed by atoms with Crippen molar-refractivity contribution >= 4 is 23.2 Å². The zero-order valence-corrected chi connectivity index (χ0v) is 14.0. The molecule has 1 aliphatic rings. The summed E-state index contributed by atoms with van der Waals surface area (Å²) >= 11 is 0. The number of rotatable bonds is 3. The molecule has 0 radical (unpaired) electrons. The Morgan fingerprint density at radius 2 is 1.92 bits per heavy atom. The third kappa shape index (κ3) is 2.97. The fourth-order valence-electron chi connectivity index (χ4n) is 2.68. The normalized spacial score (nSPS) is 16.4. The number of likely N-dealkylation sites (N-methyl/N-ethyl adjacent to an activating group) is 1. The van der Waals surface area contributed by atoms with E-state index in [9.17, 15) is 9.59 Å². The molecule has 1 atom stereocenters. The second-order valence-electron chi connectivity index (χ2n) is 5.84. The molecule has 3 rings (SSSR count). The van der Waals surface area contributed by atoms with E-state index in [2.05, 4.69) is 12.2 Å². The lowest BCUT2D eigenvalue weighted by atomic mass is 10.1. The van der Waals surface area contributed by atoms with Gasteiger partial charge in [0, 0.05) is 18.3 Å². The van der Waals surface area contributed by atoms with Crippen molar-refractivity contribution in [1.29, 1.82) is 0 Å². The Morgan fingerprint density at radius 3 is 2.58 bits per heavy atom. The zero-order chi connectivity index (χ0) is 17.3. The minimum atomic E-state index is -0.515. The van der Waals surface area contributed by atoms with Gasteiger partial charge in [-0.05, 0) is 49.2 Å². The highest BCUT2D eigenvalue weighted by molar-refractivity contribution is 6.06. The minimum Gasteiger partial charge on any atom is -0.479 e. The zero-order valence-electron chi connectivity index (χ0n) is 14.0. The van der Waals surface area contributed by atoms with Crippen molar-refractivity contribution < 1.29 is 14.3 Å².